The van der Waals surface area contributed by atoms with E-state index < -0.39 is 16.6 Å². The summed E-state index contributed by atoms with van der Waals surface area (Å²) in [6, 6.07) is 16.1. The Morgan fingerprint density at radius 3 is 1.47 bits per heavy atom. The highest BCUT2D eigenvalue weighted by atomic mass is 16.6. The molecule has 0 atom stereocenters. The third-order valence-electron chi connectivity index (χ3n) is 5.18. The molecule has 0 saturated carbocycles. The van der Waals surface area contributed by atoms with Gasteiger partial charge in [-0.25, -0.2) is 0 Å². The number of carbonyl (C=O) groups is 2. The van der Waals surface area contributed by atoms with E-state index in [4.69, 9.17) is 9.47 Å². The molecule has 0 N–H and O–H groups in total. The van der Waals surface area contributed by atoms with Gasteiger partial charge in [0.25, 0.3) is 0 Å². The maximum atomic E-state index is 13.0. The molecule has 4 nitrogen and oxygen atoms in total. The molecule has 1 aliphatic rings. The lowest BCUT2D eigenvalue weighted by molar-refractivity contribution is -0.158. The van der Waals surface area contributed by atoms with Crippen LogP contribution in [0.15, 0.2) is 48.5 Å². The van der Waals surface area contributed by atoms with Gasteiger partial charge in [-0.05, 0) is 70.2 Å². The normalized spacial score (nSPS) is 15.0. The molecule has 4 heteroatoms. The fourth-order valence-corrected chi connectivity index (χ4v) is 4.32. The minimum Gasteiger partial charge on any atom is -0.460 e. The predicted octanol–water partition coefficient (Wildman–Crippen LogP) is 5.34. The van der Waals surface area contributed by atoms with Gasteiger partial charge in [0.1, 0.15) is 11.2 Å². The second-order valence-electron chi connectivity index (χ2n) is 10.1. The van der Waals surface area contributed by atoms with Crippen LogP contribution in [-0.2, 0) is 30.9 Å². The highest BCUT2D eigenvalue weighted by Crippen LogP contribution is 2.47. The Balaban J connectivity index is 2.14. The van der Waals surface area contributed by atoms with Crippen LogP contribution in [0, 0.1) is 0 Å². The Hall–Kier alpha value is -2.62. The van der Waals surface area contributed by atoms with Crippen molar-refractivity contribution in [2.45, 2.75) is 77.4 Å². The summed E-state index contributed by atoms with van der Waals surface area (Å²) in [6.45, 7) is 11.1. The van der Waals surface area contributed by atoms with Crippen molar-refractivity contribution >= 4 is 11.9 Å². The topological polar surface area (TPSA) is 52.6 Å². The van der Waals surface area contributed by atoms with Gasteiger partial charge in [-0.3, -0.25) is 9.59 Å². The molecule has 160 valence electrons. The van der Waals surface area contributed by atoms with Crippen LogP contribution < -0.4 is 0 Å². The van der Waals surface area contributed by atoms with Gasteiger partial charge in [0.2, 0.25) is 0 Å². The van der Waals surface area contributed by atoms with Gasteiger partial charge in [0, 0.05) is 5.41 Å². The van der Waals surface area contributed by atoms with E-state index in [0.717, 1.165) is 28.7 Å². The molecule has 2 aromatic carbocycles. The highest BCUT2D eigenvalue weighted by molar-refractivity contribution is 5.80. The van der Waals surface area contributed by atoms with Crippen LogP contribution in [0.5, 0.6) is 0 Å². The summed E-state index contributed by atoms with van der Waals surface area (Å²) in [5.74, 6) is -0.643. The summed E-state index contributed by atoms with van der Waals surface area (Å²) < 4.78 is 11.4. The van der Waals surface area contributed by atoms with Gasteiger partial charge in [0.15, 0.2) is 0 Å². The lowest BCUT2D eigenvalue weighted by Gasteiger charge is -2.40. The Kier molecular flexibility index (Phi) is 5.81. The second-order valence-corrected chi connectivity index (χ2v) is 10.1. The molecule has 0 aliphatic heterocycles. The zero-order valence-electron chi connectivity index (χ0n) is 18.9. The number of hydrogen-bond donors (Lipinski definition) is 0. The maximum absolute atomic E-state index is 13.0. The van der Waals surface area contributed by atoms with Crippen molar-refractivity contribution in [3.05, 3.63) is 70.8 Å². The first-order valence-electron chi connectivity index (χ1n) is 10.5. The van der Waals surface area contributed by atoms with Gasteiger partial charge < -0.3 is 9.47 Å². The fraction of sp³-hybridized carbons (Fsp3) is 0.462. The summed E-state index contributed by atoms with van der Waals surface area (Å²) in [7, 11) is 0. The molecular weight excluding hydrogens is 376 g/mol. The van der Waals surface area contributed by atoms with E-state index in [0.29, 0.717) is 0 Å². The van der Waals surface area contributed by atoms with Crippen LogP contribution in [0.25, 0.3) is 0 Å². The maximum Gasteiger partial charge on any atom is 0.307 e. The van der Waals surface area contributed by atoms with Crippen LogP contribution in [-0.4, -0.2) is 23.1 Å². The average Bonchev–Trinajstić information content (AvgIpc) is 2.58. The average molecular weight is 409 g/mol. The molecule has 2 aromatic rings. The first kappa shape index (κ1) is 22.1. The van der Waals surface area contributed by atoms with E-state index in [1.165, 1.54) is 0 Å². The fourth-order valence-electron chi connectivity index (χ4n) is 4.32. The predicted molar refractivity (Wildman–Crippen MR) is 117 cm³/mol. The molecular formula is C26H32O4. The van der Waals surface area contributed by atoms with Crippen LogP contribution in [0.1, 0.15) is 76.6 Å². The third kappa shape index (κ3) is 4.92. The minimum atomic E-state index is -0.823. The zero-order chi connectivity index (χ0) is 22.2. The molecule has 0 radical (unpaired) electrons. The largest absolute Gasteiger partial charge is 0.460 e. The van der Waals surface area contributed by atoms with E-state index in [1.807, 2.05) is 77.9 Å². The minimum absolute atomic E-state index is 0.0809. The van der Waals surface area contributed by atoms with Crippen LogP contribution in [0.4, 0.5) is 0 Å². The number of hydrogen-bond acceptors (Lipinski definition) is 4. The van der Waals surface area contributed by atoms with Crippen molar-refractivity contribution in [1.82, 2.24) is 0 Å². The van der Waals surface area contributed by atoms with Crippen LogP contribution >= 0.6 is 0 Å². The van der Waals surface area contributed by atoms with Crippen molar-refractivity contribution in [3.63, 3.8) is 0 Å². The highest BCUT2D eigenvalue weighted by Gasteiger charge is 2.45. The first-order valence-corrected chi connectivity index (χ1v) is 10.5. The summed E-state index contributed by atoms with van der Waals surface area (Å²) in [5.41, 5.74) is 2.23. The van der Waals surface area contributed by atoms with Gasteiger partial charge in [-0.2, -0.15) is 0 Å². The van der Waals surface area contributed by atoms with E-state index >= 15 is 0 Å². The molecule has 0 fully saturated rings. The van der Waals surface area contributed by atoms with Gasteiger partial charge in [-0.1, -0.05) is 48.5 Å². The van der Waals surface area contributed by atoms with E-state index in [2.05, 4.69) is 12.1 Å². The molecule has 0 bridgehead atoms. The van der Waals surface area contributed by atoms with E-state index in [1.54, 1.807) is 0 Å². The molecule has 1 aliphatic carbocycles. The number of carbonyl (C=O) groups excluding carboxylic acids is 2. The number of rotatable bonds is 4. The van der Waals surface area contributed by atoms with Crippen LogP contribution in [0.2, 0.25) is 0 Å². The van der Waals surface area contributed by atoms with Crippen molar-refractivity contribution in [1.29, 1.82) is 0 Å². The molecule has 0 saturated heterocycles. The molecule has 3 rings (SSSR count). The molecule has 30 heavy (non-hydrogen) atoms. The number of fused-ring (bicyclic) bond motifs is 2. The smallest absolute Gasteiger partial charge is 0.307 e. The monoisotopic (exact) mass is 408 g/mol. The number of benzene rings is 2. The van der Waals surface area contributed by atoms with Crippen molar-refractivity contribution in [2.75, 3.05) is 0 Å². The number of esters is 2. The van der Waals surface area contributed by atoms with Crippen molar-refractivity contribution in [3.8, 4) is 0 Å². The quantitative estimate of drug-likeness (QED) is 0.641. The second kappa shape index (κ2) is 7.90. The third-order valence-corrected chi connectivity index (χ3v) is 5.18. The standard InChI is InChI=1S/C26H32O4/c1-24(2,3)29-22(27)16-26(17-23(28)30-25(4,5)6)20-13-9-7-11-18(20)15-19-12-8-10-14-21(19)26/h7-14H,15-17H2,1-6H3. The molecule has 0 aromatic heterocycles. The van der Waals surface area contributed by atoms with Crippen molar-refractivity contribution in [2.24, 2.45) is 0 Å². The Morgan fingerprint density at radius 2 is 1.10 bits per heavy atom. The molecule has 0 spiro atoms. The van der Waals surface area contributed by atoms with Gasteiger partial charge in [-0.15, -0.1) is 0 Å². The first-order chi connectivity index (χ1) is 13.9. The summed E-state index contributed by atoms with van der Waals surface area (Å²) in [6.07, 6.45) is 0.936. The van der Waals surface area contributed by atoms with Gasteiger partial charge >= 0.3 is 11.9 Å². The Morgan fingerprint density at radius 1 is 0.733 bits per heavy atom. The summed E-state index contributed by atoms with van der Waals surface area (Å²) in [4.78, 5) is 26.1. The van der Waals surface area contributed by atoms with Crippen LogP contribution in [0.3, 0.4) is 0 Å². The van der Waals surface area contributed by atoms with Gasteiger partial charge in [0.05, 0.1) is 12.8 Å². The Labute approximate surface area is 179 Å². The molecule has 0 heterocycles. The zero-order valence-corrected chi connectivity index (χ0v) is 18.9. The molecule has 0 amide bonds. The SMILES string of the molecule is CC(C)(C)OC(=O)CC1(CC(=O)OC(C)(C)C)c2ccccc2Cc2ccccc21. The van der Waals surface area contributed by atoms with E-state index in [-0.39, 0.29) is 24.8 Å². The Bertz CT molecular complexity index is 866. The lowest BCUT2D eigenvalue weighted by atomic mass is 9.63. The summed E-state index contributed by atoms with van der Waals surface area (Å²) in [5, 5.41) is 0. The van der Waals surface area contributed by atoms with Crippen molar-refractivity contribution < 1.29 is 19.1 Å². The van der Waals surface area contributed by atoms with E-state index in [9.17, 15) is 9.59 Å². The number of ether oxygens (including phenoxy) is 2. The summed E-state index contributed by atoms with van der Waals surface area (Å²) >= 11 is 0. The molecule has 0 unspecified atom stereocenters. The lowest BCUT2D eigenvalue weighted by Crippen LogP contribution is -2.41.